The molecule has 0 atom stereocenters. The molecule has 29 heavy (non-hydrogen) atoms. The molecule has 1 aromatic heterocycles. The second kappa shape index (κ2) is 13.1. The molecule has 0 spiro atoms. The summed E-state index contributed by atoms with van der Waals surface area (Å²) >= 11 is 0. The number of guanidine groups is 1. The van der Waals surface area contributed by atoms with Crippen molar-refractivity contribution >= 4 is 29.9 Å². The lowest BCUT2D eigenvalue weighted by atomic mass is 10.1. The Morgan fingerprint density at radius 1 is 1.10 bits per heavy atom. The van der Waals surface area contributed by atoms with Crippen LogP contribution in [0.1, 0.15) is 18.1 Å². The van der Waals surface area contributed by atoms with Crippen LogP contribution in [0.2, 0.25) is 0 Å². The number of benzene rings is 1. The van der Waals surface area contributed by atoms with Gasteiger partial charge in [-0.3, -0.25) is 0 Å². The van der Waals surface area contributed by atoms with Gasteiger partial charge in [0.1, 0.15) is 0 Å². The van der Waals surface area contributed by atoms with Crippen molar-refractivity contribution in [2.24, 2.45) is 4.99 Å². The molecule has 1 heterocycles. The normalized spacial score (nSPS) is 10.7. The Balaban J connectivity index is 0.00000420. The van der Waals surface area contributed by atoms with Crippen molar-refractivity contribution < 1.29 is 14.2 Å². The van der Waals surface area contributed by atoms with Crippen molar-refractivity contribution in [3.63, 3.8) is 0 Å². The number of methoxy groups -OCH3 is 3. The molecule has 0 unspecified atom stereocenters. The monoisotopic (exact) mass is 514 g/mol. The average molecular weight is 514 g/mol. The van der Waals surface area contributed by atoms with Gasteiger partial charge in [-0.25, -0.2) is 9.98 Å². The Kier molecular flexibility index (Phi) is 11.2. The molecule has 0 aliphatic heterocycles. The van der Waals surface area contributed by atoms with Gasteiger partial charge in [0.05, 0.1) is 27.9 Å². The summed E-state index contributed by atoms with van der Waals surface area (Å²) in [6.45, 7) is 4.16. The molecule has 0 radical (unpaired) electrons. The Bertz CT molecular complexity index is 786. The van der Waals surface area contributed by atoms with Gasteiger partial charge in [0.25, 0.3) is 0 Å². The molecule has 0 aliphatic rings. The van der Waals surface area contributed by atoms with E-state index in [2.05, 4.69) is 28.2 Å². The summed E-state index contributed by atoms with van der Waals surface area (Å²) in [4.78, 5) is 11.1. The first-order valence-electron chi connectivity index (χ1n) is 9.31. The largest absolute Gasteiger partial charge is 0.493 e. The van der Waals surface area contributed by atoms with Gasteiger partial charge < -0.3 is 24.4 Å². The third kappa shape index (κ3) is 7.26. The van der Waals surface area contributed by atoms with Crippen LogP contribution in [0.5, 0.6) is 17.4 Å². The number of likely N-dealkylation sites (N-methyl/N-ethyl adjacent to an activating group) is 1. The second-order valence-corrected chi connectivity index (χ2v) is 6.20. The Hall–Kier alpha value is -2.23. The molecule has 160 valence electrons. The van der Waals surface area contributed by atoms with Gasteiger partial charge in [-0.05, 0) is 37.1 Å². The number of hydrogen-bond acceptors (Lipinski definition) is 5. The summed E-state index contributed by atoms with van der Waals surface area (Å²) in [7, 11) is 6.94. The lowest BCUT2D eigenvalue weighted by Gasteiger charge is -2.22. The molecule has 0 aliphatic carbocycles. The summed E-state index contributed by atoms with van der Waals surface area (Å²) in [5.74, 6) is 2.93. The number of aliphatic imine (C=N–C) groups is 1. The van der Waals surface area contributed by atoms with Gasteiger partial charge in [0.15, 0.2) is 17.5 Å². The van der Waals surface area contributed by atoms with Crippen LogP contribution in [0.25, 0.3) is 0 Å². The zero-order chi connectivity index (χ0) is 20.4. The van der Waals surface area contributed by atoms with Crippen molar-refractivity contribution in [1.82, 2.24) is 15.2 Å². The highest BCUT2D eigenvalue weighted by atomic mass is 127. The summed E-state index contributed by atoms with van der Waals surface area (Å²) in [5, 5.41) is 3.34. The van der Waals surface area contributed by atoms with Crippen LogP contribution in [0, 0.1) is 0 Å². The highest BCUT2D eigenvalue weighted by Gasteiger charge is 2.09. The van der Waals surface area contributed by atoms with Crippen molar-refractivity contribution in [1.29, 1.82) is 0 Å². The first kappa shape index (κ1) is 24.8. The molecule has 1 N–H and O–H groups in total. The van der Waals surface area contributed by atoms with Crippen LogP contribution in [-0.2, 0) is 13.0 Å². The summed E-state index contributed by atoms with van der Waals surface area (Å²) in [6.07, 6.45) is 2.57. The van der Waals surface area contributed by atoms with Crippen molar-refractivity contribution in [2.75, 3.05) is 41.5 Å². The van der Waals surface area contributed by atoms with E-state index >= 15 is 0 Å². The van der Waals surface area contributed by atoms with Crippen LogP contribution in [-0.4, -0.2) is 57.3 Å². The highest BCUT2D eigenvalue weighted by molar-refractivity contribution is 14.0. The van der Waals surface area contributed by atoms with E-state index in [9.17, 15) is 0 Å². The maximum Gasteiger partial charge on any atom is 0.218 e. The molecule has 0 saturated carbocycles. The smallest absolute Gasteiger partial charge is 0.218 e. The zero-order valence-corrected chi connectivity index (χ0v) is 20.1. The maximum atomic E-state index is 5.39. The van der Waals surface area contributed by atoms with Crippen LogP contribution < -0.4 is 19.5 Å². The Morgan fingerprint density at radius 3 is 2.52 bits per heavy atom. The molecule has 2 rings (SSSR count). The number of pyridine rings is 1. The van der Waals surface area contributed by atoms with Gasteiger partial charge in [0.2, 0.25) is 5.88 Å². The molecule has 1 aromatic carbocycles. The van der Waals surface area contributed by atoms with Crippen molar-refractivity contribution in [3.05, 3.63) is 47.7 Å². The van der Waals surface area contributed by atoms with E-state index in [4.69, 9.17) is 19.2 Å². The molecule has 8 heteroatoms. The van der Waals surface area contributed by atoms with E-state index in [0.29, 0.717) is 12.4 Å². The first-order valence-corrected chi connectivity index (χ1v) is 9.31. The van der Waals surface area contributed by atoms with Crippen LogP contribution >= 0.6 is 24.0 Å². The zero-order valence-electron chi connectivity index (χ0n) is 17.8. The third-order valence-corrected chi connectivity index (χ3v) is 4.32. The predicted molar refractivity (Wildman–Crippen MR) is 127 cm³/mol. The van der Waals surface area contributed by atoms with E-state index < -0.39 is 0 Å². The molecule has 7 nitrogen and oxygen atoms in total. The highest BCUT2D eigenvalue weighted by Crippen LogP contribution is 2.27. The van der Waals surface area contributed by atoms with E-state index in [-0.39, 0.29) is 24.0 Å². The van der Waals surface area contributed by atoms with Crippen molar-refractivity contribution in [3.8, 4) is 17.4 Å². The minimum atomic E-state index is 0. The number of rotatable bonds is 9. The van der Waals surface area contributed by atoms with Crippen molar-refractivity contribution in [2.45, 2.75) is 19.9 Å². The summed E-state index contributed by atoms with van der Waals surface area (Å²) in [5.41, 5.74) is 2.13. The topological polar surface area (TPSA) is 68.2 Å². The maximum absolute atomic E-state index is 5.39. The lowest BCUT2D eigenvalue weighted by Crippen LogP contribution is -2.40. The van der Waals surface area contributed by atoms with Gasteiger partial charge in [-0.2, -0.15) is 0 Å². The van der Waals surface area contributed by atoms with E-state index in [1.165, 1.54) is 5.56 Å². The van der Waals surface area contributed by atoms with Crippen LogP contribution in [0.15, 0.2) is 41.5 Å². The quantitative estimate of drug-likeness (QED) is 0.315. The number of aromatic nitrogens is 1. The summed E-state index contributed by atoms with van der Waals surface area (Å²) < 4.78 is 16.0. The molecular formula is C21H31IN4O3. The average Bonchev–Trinajstić information content (AvgIpc) is 2.74. The van der Waals surface area contributed by atoms with Crippen LogP contribution in [0.3, 0.4) is 0 Å². The minimum absolute atomic E-state index is 0. The number of nitrogens with one attached hydrogen (secondary N) is 1. The number of nitrogens with zero attached hydrogens (tertiary/aromatic N) is 3. The lowest BCUT2D eigenvalue weighted by molar-refractivity contribution is 0.354. The SMILES string of the molecule is CCNC(=NCc1cccnc1OC)N(C)CCc1ccc(OC)c(OC)c1.I. The number of halogens is 1. The third-order valence-electron chi connectivity index (χ3n) is 4.32. The number of ether oxygens (including phenoxy) is 3. The Labute approximate surface area is 190 Å². The molecule has 0 saturated heterocycles. The second-order valence-electron chi connectivity index (χ2n) is 6.20. The fraction of sp³-hybridized carbons (Fsp3) is 0.429. The van der Waals surface area contributed by atoms with Gasteiger partial charge in [-0.1, -0.05) is 12.1 Å². The number of hydrogen-bond donors (Lipinski definition) is 1. The first-order chi connectivity index (χ1) is 13.6. The fourth-order valence-corrected chi connectivity index (χ4v) is 2.80. The van der Waals surface area contributed by atoms with Gasteiger partial charge in [0, 0.05) is 31.9 Å². The standard InChI is InChI=1S/C21H30N4O3.HI/c1-6-22-21(24-15-17-8-7-12-23-20(17)28-5)25(2)13-11-16-9-10-18(26-3)19(14-16)27-4;/h7-10,12,14H,6,11,13,15H2,1-5H3,(H,22,24);1H. The van der Waals surface area contributed by atoms with Gasteiger partial charge in [-0.15, -0.1) is 24.0 Å². The fourth-order valence-electron chi connectivity index (χ4n) is 2.80. The minimum Gasteiger partial charge on any atom is -0.493 e. The summed E-state index contributed by atoms with van der Waals surface area (Å²) in [6, 6.07) is 9.86. The van der Waals surface area contributed by atoms with Gasteiger partial charge >= 0.3 is 0 Å². The van der Waals surface area contributed by atoms with E-state index in [0.717, 1.165) is 42.5 Å². The Morgan fingerprint density at radius 2 is 1.86 bits per heavy atom. The molecule has 0 fully saturated rings. The predicted octanol–water partition coefficient (Wildman–Crippen LogP) is 3.37. The molecular weight excluding hydrogens is 483 g/mol. The molecule has 0 bridgehead atoms. The molecule has 2 aromatic rings. The van der Waals surface area contributed by atoms with E-state index in [1.54, 1.807) is 27.5 Å². The van der Waals surface area contributed by atoms with Crippen LogP contribution in [0.4, 0.5) is 0 Å². The van der Waals surface area contributed by atoms with E-state index in [1.807, 2.05) is 31.3 Å². The molecule has 0 amide bonds.